The first-order valence-electron chi connectivity index (χ1n) is 17.1. The number of nitrogens with one attached hydrogen (secondary N) is 1. The van der Waals surface area contributed by atoms with Crippen LogP contribution < -0.4 is 15.0 Å². The molecule has 2 aromatic heterocycles. The van der Waals surface area contributed by atoms with Gasteiger partial charge in [-0.25, -0.2) is 9.37 Å². The van der Waals surface area contributed by atoms with Crippen LogP contribution in [0, 0.1) is 5.82 Å². The van der Waals surface area contributed by atoms with Crippen LogP contribution in [0.3, 0.4) is 0 Å². The van der Waals surface area contributed by atoms with Gasteiger partial charge in [0.1, 0.15) is 34.7 Å². The molecule has 0 spiro atoms. The van der Waals surface area contributed by atoms with Gasteiger partial charge in [-0.3, -0.25) is 9.36 Å². The molecule has 0 saturated carbocycles. The van der Waals surface area contributed by atoms with E-state index < -0.39 is 58.1 Å². The number of methoxy groups -OCH3 is 2. The minimum atomic E-state index is -3.19. The number of ether oxygens (including phenoxy) is 4. The number of nitrogens with zero attached hydrogens (tertiary/aromatic N) is 2. The summed E-state index contributed by atoms with van der Waals surface area (Å²) in [5.41, 5.74) is 0.414. The van der Waals surface area contributed by atoms with Crippen LogP contribution in [0.2, 0.25) is 18.1 Å². The van der Waals surface area contributed by atoms with Crippen molar-refractivity contribution in [3.05, 3.63) is 124 Å². The molecule has 5 atom stereocenters. The first-order chi connectivity index (χ1) is 25.2. The second-order valence-electron chi connectivity index (χ2n) is 14.3. The minimum absolute atomic E-state index is 0.0271. The lowest BCUT2D eigenvalue weighted by molar-refractivity contribution is -0.0926. The van der Waals surface area contributed by atoms with E-state index in [1.54, 1.807) is 14.2 Å². The topological polar surface area (TPSA) is 143 Å². The maximum absolute atomic E-state index is 15.4. The van der Waals surface area contributed by atoms with Gasteiger partial charge in [0.05, 0.1) is 27.2 Å². The molecule has 1 aliphatic rings. The van der Waals surface area contributed by atoms with Gasteiger partial charge >= 0.3 is 8.25 Å². The van der Waals surface area contributed by atoms with Crippen molar-refractivity contribution in [1.29, 1.82) is 0 Å². The minimum Gasteiger partial charge on any atom is -0.497 e. The number of hydrogen-bond acceptors (Lipinski definition) is 9. The molecule has 3 aromatic carbocycles. The average molecular weight is 765 g/mol. The molecular weight excluding hydrogens is 720 g/mol. The van der Waals surface area contributed by atoms with Crippen molar-refractivity contribution < 1.29 is 41.7 Å². The normalized spacial score (nSPS) is 19.8. The number of halogens is 1. The molecule has 0 amide bonds. The van der Waals surface area contributed by atoms with Gasteiger partial charge in [0, 0.05) is 10.8 Å². The molecule has 5 aromatic rings. The van der Waals surface area contributed by atoms with Gasteiger partial charge in [-0.15, -0.1) is 9.42 Å². The third-order valence-corrected chi connectivity index (χ3v) is 15.1. The zero-order chi connectivity index (χ0) is 38.1. The molecule has 2 N–H and O–H groups in total. The van der Waals surface area contributed by atoms with Crippen molar-refractivity contribution in [3.63, 3.8) is 0 Å². The summed E-state index contributed by atoms with van der Waals surface area (Å²) in [7, 11) is -2.65. The molecule has 53 heavy (non-hydrogen) atoms. The summed E-state index contributed by atoms with van der Waals surface area (Å²) >= 11 is 0. The van der Waals surface area contributed by atoms with Gasteiger partial charge in [-0.05, 0) is 59.1 Å². The number of aromatic nitrogens is 3. The van der Waals surface area contributed by atoms with Crippen molar-refractivity contribution in [3.8, 4) is 11.5 Å². The Hall–Kier alpha value is -4.27. The first-order valence-corrected chi connectivity index (χ1v) is 21.1. The predicted molar refractivity (Wildman–Crippen MR) is 199 cm³/mol. The molecule has 1 saturated heterocycles. The SMILES string of the molecule is COc1ccc(C(OC[C@H]2O[C@@H](n3cc(F)c4c(=O)[nH]cnc43)[C@H](O[P+](=O)O)[C@@H]2O[Si](C)(C)C(C)(C)C)(c2ccccc2)c2ccc(OC)cc2)cc1. The quantitative estimate of drug-likeness (QED) is 0.0717. The maximum atomic E-state index is 15.4. The molecule has 1 aliphatic heterocycles. The summed E-state index contributed by atoms with van der Waals surface area (Å²) in [6.45, 7) is 10.2. The van der Waals surface area contributed by atoms with Crippen LogP contribution in [0.4, 0.5) is 4.39 Å². The molecule has 3 heterocycles. The summed E-state index contributed by atoms with van der Waals surface area (Å²) in [6.07, 6.45) is -2.16. The van der Waals surface area contributed by atoms with Gasteiger partial charge in [-0.1, -0.05) is 75.4 Å². The molecule has 15 heteroatoms. The Morgan fingerprint density at radius 3 is 2.02 bits per heavy atom. The monoisotopic (exact) mass is 764 g/mol. The highest BCUT2D eigenvalue weighted by Gasteiger charge is 2.56. The maximum Gasteiger partial charge on any atom is 0.695 e. The lowest BCUT2D eigenvalue weighted by Crippen LogP contribution is -2.50. The van der Waals surface area contributed by atoms with E-state index in [1.807, 2.05) is 92.0 Å². The van der Waals surface area contributed by atoms with Crippen molar-refractivity contribution in [2.24, 2.45) is 0 Å². The summed E-state index contributed by atoms with van der Waals surface area (Å²) < 4.78 is 66.6. The molecule has 12 nitrogen and oxygen atoms in total. The fraction of sp³-hybridized carbons (Fsp3) is 0.368. The van der Waals surface area contributed by atoms with Crippen LogP contribution in [-0.2, 0) is 28.6 Å². The number of rotatable bonds is 13. The third kappa shape index (κ3) is 7.45. The Balaban J connectivity index is 1.51. The van der Waals surface area contributed by atoms with Crippen molar-refractivity contribution in [2.45, 2.75) is 69.0 Å². The second kappa shape index (κ2) is 15.2. The molecule has 0 aliphatic carbocycles. The van der Waals surface area contributed by atoms with E-state index in [4.69, 9.17) is 27.9 Å². The van der Waals surface area contributed by atoms with Gasteiger partial charge in [0.25, 0.3) is 5.56 Å². The van der Waals surface area contributed by atoms with Gasteiger partial charge in [-0.2, -0.15) is 0 Å². The highest BCUT2D eigenvalue weighted by molar-refractivity contribution is 7.32. The van der Waals surface area contributed by atoms with E-state index >= 15 is 4.39 Å². The second-order valence-corrected chi connectivity index (χ2v) is 19.8. The van der Waals surface area contributed by atoms with E-state index in [0.717, 1.165) is 29.2 Å². The Kier molecular flexibility index (Phi) is 11.0. The number of hydrogen-bond donors (Lipinski definition) is 2. The highest BCUT2D eigenvalue weighted by atomic mass is 31.1. The summed E-state index contributed by atoms with van der Waals surface area (Å²) in [5, 5.41) is -0.573. The van der Waals surface area contributed by atoms with Gasteiger partial charge < -0.3 is 28.4 Å². The molecule has 0 radical (unpaired) electrons. The van der Waals surface area contributed by atoms with Crippen LogP contribution in [0.15, 0.2) is 96.2 Å². The smallest absolute Gasteiger partial charge is 0.497 e. The van der Waals surface area contributed by atoms with E-state index in [-0.39, 0.29) is 22.7 Å². The Morgan fingerprint density at radius 1 is 0.925 bits per heavy atom. The lowest BCUT2D eigenvalue weighted by atomic mass is 9.80. The number of H-pyrrole nitrogens is 1. The fourth-order valence-electron chi connectivity index (χ4n) is 6.47. The van der Waals surface area contributed by atoms with Crippen LogP contribution in [0.1, 0.15) is 43.7 Å². The van der Waals surface area contributed by atoms with Crippen LogP contribution in [0.25, 0.3) is 11.0 Å². The Labute approximate surface area is 308 Å². The molecule has 6 rings (SSSR count). The predicted octanol–water partition coefficient (Wildman–Crippen LogP) is 7.21. The van der Waals surface area contributed by atoms with Crippen molar-refractivity contribution in [1.82, 2.24) is 14.5 Å². The molecule has 280 valence electrons. The van der Waals surface area contributed by atoms with Crippen LogP contribution in [0.5, 0.6) is 11.5 Å². The molecule has 1 unspecified atom stereocenters. The first kappa shape index (κ1) is 38.5. The zero-order valence-electron chi connectivity index (χ0n) is 30.6. The van der Waals surface area contributed by atoms with Crippen molar-refractivity contribution >= 4 is 27.6 Å². The van der Waals surface area contributed by atoms with E-state index in [9.17, 15) is 14.3 Å². The largest absolute Gasteiger partial charge is 0.695 e. The Morgan fingerprint density at radius 2 is 1.49 bits per heavy atom. The number of aromatic amines is 1. The molecular formula is C38H44FN3O9PSi+. The van der Waals surface area contributed by atoms with Gasteiger partial charge in [0.2, 0.25) is 0 Å². The van der Waals surface area contributed by atoms with E-state index in [1.165, 1.54) is 4.57 Å². The van der Waals surface area contributed by atoms with Crippen LogP contribution in [-0.4, -0.2) is 66.9 Å². The summed E-state index contributed by atoms with van der Waals surface area (Å²) in [5.74, 6) is 0.479. The summed E-state index contributed by atoms with van der Waals surface area (Å²) in [4.78, 5) is 29.4. The van der Waals surface area contributed by atoms with Crippen molar-refractivity contribution in [2.75, 3.05) is 20.8 Å². The highest BCUT2D eigenvalue weighted by Crippen LogP contribution is 2.47. The standard InChI is InChI=1S/C38H43FN3O9PSi/c1-37(2,3)53(6,7)51-32-30(49-36(33(32)50-52(44)45)42-21-29(39)31-34(42)40-23-41-35(31)43)22-48-38(24-11-9-8-10-12-24,25-13-17-27(46-4)18-14-25)26-15-19-28(47-5)20-16-26/h8-21,23,30,32-33,36H,22H2,1-7H3,(H-,40,41,43,44,45)/p+1/t30-,32-,33-,36-/m1/s1. The fourth-order valence-corrected chi connectivity index (χ4v) is 8.22. The Bertz CT molecular complexity index is 2060. The van der Waals surface area contributed by atoms with Crippen LogP contribution >= 0.6 is 8.25 Å². The summed E-state index contributed by atoms with van der Waals surface area (Å²) in [6, 6.07) is 24.8. The molecule has 1 fully saturated rings. The molecule has 0 bridgehead atoms. The number of benzene rings is 3. The van der Waals surface area contributed by atoms with E-state index in [0.29, 0.717) is 11.5 Å². The lowest BCUT2D eigenvalue weighted by Gasteiger charge is -2.41. The number of fused-ring (bicyclic) bond motifs is 1. The average Bonchev–Trinajstić information content (AvgIpc) is 3.64. The van der Waals surface area contributed by atoms with E-state index in [2.05, 4.69) is 30.7 Å². The zero-order valence-corrected chi connectivity index (χ0v) is 32.5. The van der Waals surface area contributed by atoms with Gasteiger partial charge in [0.15, 0.2) is 32.1 Å². The third-order valence-electron chi connectivity index (χ3n) is 10.2.